The van der Waals surface area contributed by atoms with E-state index in [-0.39, 0.29) is 23.3 Å². The van der Waals surface area contributed by atoms with Crippen LogP contribution in [0.2, 0.25) is 0 Å². The Morgan fingerprint density at radius 3 is 2.96 bits per heavy atom. The van der Waals surface area contributed by atoms with Crippen molar-refractivity contribution in [3.63, 3.8) is 0 Å². The van der Waals surface area contributed by atoms with Gasteiger partial charge in [0.1, 0.15) is 0 Å². The van der Waals surface area contributed by atoms with Gasteiger partial charge >= 0.3 is 0 Å². The molecule has 1 saturated heterocycles. The summed E-state index contributed by atoms with van der Waals surface area (Å²) in [4.78, 5) is 12.2. The third-order valence-electron chi connectivity index (χ3n) is 5.66. The first-order chi connectivity index (χ1) is 12.0. The number of amides is 1. The van der Waals surface area contributed by atoms with Gasteiger partial charge in [0.25, 0.3) is 0 Å². The number of nitrogens with one attached hydrogen (secondary N) is 1. The van der Waals surface area contributed by atoms with Gasteiger partial charge in [-0.2, -0.15) is 0 Å². The van der Waals surface area contributed by atoms with E-state index >= 15 is 0 Å². The van der Waals surface area contributed by atoms with Crippen LogP contribution in [0.4, 0.5) is 0 Å². The normalized spacial score (nSPS) is 21.6. The van der Waals surface area contributed by atoms with Crippen LogP contribution in [0.1, 0.15) is 29.7 Å². The Labute approximate surface area is 148 Å². The predicted octanol–water partition coefficient (Wildman–Crippen LogP) is 1.99. The van der Waals surface area contributed by atoms with Crippen molar-refractivity contribution in [3.8, 4) is 0 Å². The highest BCUT2D eigenvalue weighted by atomic mass is 32.2. The fourth-order valence-corrected chi connectivity index (χ4v) is 6.10. The van der Waals surface area contributed by atoms with E-state index in [0.29, 0.717) is 13.0 Å². The van der Waals surface area contributed by atoms with Crippen molar-refractivity contribution in [2.75, 3.05) is 18.1 Å². The van der Waals surface area contributed by atoms with Crippen LogP contribution in [-0.2, 0) is 34.0 Å². The van der Waals surface area contributed by atoms with E-state index in [1.54, 1.807) is 0 Å². The first-order valence-electron chi connectivity index (χ1n) is 9.04. The molecule has 1 aromatic carbocycles. The van der Waals surface area contributed by atoms with Gasteiger partial charge in [-0.15, -0.1) is 0 Å². The lowest BCUT2D eigenvalue weighted by Gasteiger charge is -2.16. The fourth-order valence-electron chi connectivity index (χ4n) is 4.36. The van der Waals surface area contributed by atoms with Crippen LogP contribution < -0.4 is 5.32 Å². The number of hydrogen-bond acceptors (Lipinski definition) is 3. The van der Waals surface area contributed by atoms with Crippen molar-refractivity contribution in [2.45, 2.75) is 39.2 Å². The first-order valence-corrected chi connectivity index (χ1v) is 10.9. The minimum absolute atomic E-state index is 0.000525. The molecule has 5 nitrogen and oxygen atoms in total. The highest BCUT2D eigenvalue weighted by Crippen LogP contribution is 2.32. The summed E-state index contributed by atoms with van der Waals surface area (Å²) < 4.78 is 25.5. The minimum atomic E-state index is -3.02. The zero-order valence-electron chi connectivity index (χ0n) is 14.5. The number of aryl methyl sites for hydroxylation is 2. The van der Waals surface area contributed by atoms with Crippen LogP contribution in [0.5, 0.6) is 0 Å². The van der Waals surface area contributed by atoms with Gasteiger partial charge < -0.3 is 9.88 Å². The molecule has 2 aliphatic heterocycles. The van der Waals surface area contributed by atoms with Gasteiger partial charge in [0.15, 0.2) is 9.84 Å². The molecule has 0 bridgehead atoms. The summed E-state index contributed by atoms with van der Waals surface area (Å²) in [6, 6.07) is 6.51. The average molecular weight is 360 g/mol. The molecule has 0 saturated carbocycles. The Kier molecular flexibility index (Phi) is 4.10. The van der Waals surface area contributed by atoms with Gasteiger partial charge in [-0.25, -0.2) is 8.42 Å². The molecule has 0 aliphatic carbocycles. The number of carbonyl (C=O) groups excluding carboxylic acids is 1. The molecule has 1 amide bonds. The standard InChI is InChI=1S/C19H24N2O3S/c1-13-16(7-9-20-19(22)15-8-11-25(23,24)12-15)17-6-2-4-14-5-3-10-21(13)18(14)17/h2,4,6,15H,3,5,7-12H2,1H3,(H,20,22)/t15-/m1/s1. The Bertz CT molecular complexity index is 943. The second kappa shape index (κ2) is 6.16. The molecule has 134 valence electrons. The summed E-state index contributed by atoms with van der Waals surface area (Å²) in [7, 11) is -3.02. The summed E-state index contributed by atoms with van der Waals surface area (Å²) >= 11 is 0. The Morgan fingerprint density at radius 1 is 1.36 bits per heavy atom. The Hall–Kier alpha value is -1.82. The first kappa shape index (κ1) is 16.6. The highest BCUT2D eigenvalue weighted by Gasteiger charge is 2.32. The molecule has 2 aromatic rings. The Balaban J connectivity index is 1.48. The van der Waals surface area contributed by atoms with E-state index in [1.165, 1.54) is 34.1 Å². The molecule has 4 rings (SSSR count). The quantitative estimate of drug-likeness (QED) is 0.907. The zero-order valence-corrected chi connectivity index (χ0v) is 15.4. The van der Waals surface area contributed by atoms with E-state index < -0.39 is 9.84 Å². The maximum atomic E-state index is 12.2. The second-order valence-corrected chi connectivity index (χ2v) is 9.50. The summed E-state index contributed by atoms with van der Waals surface area (Å²) in [6.45, 7) is 3.78. The lowest BCUT2D eigenvalue weighted by atomic mass is 10.0. The van der Waals surface area contributed by atoms with Gasteiger partial charge in [-0.1, -0.05) is 18.2 Å². The van der Waals surface area contributed by atoms with Crippen molar-refractivity contribution in [3.05, 3.63) is 35.0 Å². The third-order valence-corrected chi connectivity index (χ3v) is 7.43. The molecule has 1 fully saturated rings. The number of nitrogens with zero attached hydrogens (tertiary/aromatic N) is 1. The predicted molar refractivity (Wildman–Crippen MR) is 98.5 cm³/mol. The van der Waals surface area contributed by atoms with E-state index in [9.17, 15) is 13.2 Å². The minimum Gasteiger partial charge on any atom is -0.356 e. The van der Waals surface area contributed by atoms with Crippen molar-refractivity contribution >= 4 is 26.6 Å². The highest BCUT2D eigenvalue weighted by molar-refractivity contribution is 7.91. The maximum absolute atomic E-state index is 12.2. The van der Waals surface area contributed by atoms with Crippen molar-refractivity contribution in [1.29, 1.82) is 0 Å². The van der Waals surface area contributed by atoms with Crippen molar-refractivity contribution in [2.24, 2.45) is 5.92 Å². The van der Waals surface area contributed by atoms with E-state index in [0.717, 1.165) is 19.4 Å². The topological polar surface area (TPSA) is 68.2 Å². The van der Waals surface area contributed by atoms with Gasteiger partial charge in [0.05, 0.1) is 22.9 Å². The van der Waals surface area contributed by atoms with Gasteiger partial charge in [-0.3, -0.25) is 4.79 Å². The monoisotopic (exact) mass is 360 g/mol. The molecule has 0 unspecified atom stereocenters. The van der Waals surface area contributed by atoms with Crippen LogP contribution >= 0.6 is 0 Å². The number of hydrogen-bond donors (Lipinski definition) is 1. The summed E-state index contributed by atoms with van der Waals surface area (Å²) in [5.41, 5.74) is 5.37. The SMILES string of the molecule is Cc1c(CCNC(=O)[C@@H]2CCS(=O)(=O)C2)c2cccc3c2n1CCC3. The molecule has 3 heterocycles. The average Bonchev–Trinajstić information content (AvgIpc) is 3.09. The molecular formula is C19H24N2O3S. The molecule has 1 atom stereocenters. The van der Waals surface area contributed by atoms with Gasteiger partial charge in [0.2, 0.25) is 5.91 Å². The molecular weight excluding hydrogens is 336 g/mol. The van der Waals surface area contributed by atoms with Crippen LogP contribution in [-0.4, -0.2) is 36.9 Å². The zero-order chi connectivity index (χ0) is 17.6. The van der Waals surface area contributed by atoms with E-state index in [4.69, 9.17) is 0 Å². The van der Waals surface area contributed by atoms with Gasteiger partial charge in [0, 0.05) is 24.2 Å². The van der Waals surface area contributed by atoms with Crippen LogP contribution in [0.3, 0.4) is 0 Å². The maximum Gasteiger partial charge on any atom is 0.224 e. The molecule has 25 heavy (non-hydrogen) atoms. The van der Waals surface area contributed by atoms with E-state index in [2.05, 4.69) is 35.0 Å². The fraction of sp³-hybridized carbons (Fsp3) is 0.526. The largest absolute Gasteiger partial charge is 0.356 e. The Morgan fingerprint density at radius 2 is 2.20 bits per heavy atom. The summed E-state index contributed by atoms with van der Waals surface area (Å²) in [6.07, 6.45) is 3.54. The van der Waals surface area contributed by atoms with Crippen LogP contribution in [0, 0.1) is 12.8 Å². The number of aromatic nitrogens is 1. The lowest BCUT2D eigenvalue weighted by molar-refractivity contribution is -0.124. The number of benzene rings is 1. The summed E-state index contributed by atoms with van der Waals surface area (Å²) in [5.74, 6) is -0.352. The van der Waals surface area contributed by atoms with Crippen molar-refractivity contribution < 1.29 is 13.2 Å². The molecule has 6 heteroatoms. The number of rotatable bonds is 4. The number of sulfone groups is 1. The van der Waals surface area contributed by atoms with E-state index in [1.807, 2.05) is 0 Å². The van der Waals surface area contributed by atoms with Crippen LogP contribution in [0.25, 0.3) is 10.9 Å². The molecule has 0 radical (unpaired) electrons. The molecule has 1 N–H and O–H groups in total. The number of para-hydroxylation sites is 1. The summed E-state index contributed by atoms with van der Waals surface area (Å²) in [5, 5.41) is 4.25. The second-order valence-electron chi connectivity index (χ2n) is 7.27. The molecule has 2 aliphatic rings. The number of carbonyl (C=O) groups is 1. The van der Waals surface area contributed by atoms with Crippen molar-refractivity contribution in [1.82, 2.24) is 9.88 Å². The third kappa shape index (κ3) is 2.97. The smallest absolute Gasteiger partial charge is 0.224 e. The molecule has 0 spiro atoms. The lowest BCUT2D eigenvalue weighted by Crippen LogP contribution is -2.32. The molecule has 1 aromatic heterocycles. The van der Waals surface area contributed by atoms with Crippen LogP contribution in [0.15, 0.2) is 18.2 Å². The van der Waals surface area contributed by atoms with Gasteiger partial charge in [-0.05, 0) is 43.7 Å².